The predicted molar refractivity (Wildman–Crippen MR) is 129 cm³/mol. The Hall–Kier alpha value is -4.21. The number of para-hydroxylation sites is 1. The summed E-state index contributed by atoms with van der Waals surface area (Å²) in [6.45, 7) is 0. The highest BCUT2D eigenvalue weighted by atomic mass is 32.2. The second-order valence-electron chi connectivity index (χ2n) is 7.15. The number of rotatable bonds is 3. The average Bonchev–Trinajstić information content (AvgIpc) is 3.17. The lowest BCUT2D eigenvalue weighted by atomic mass is 10.0. The van der Waals surface area contributed by atoms with Crippen LogP contribution in [0, 0.1) is 11.3 Å². The van der Waals surface area contributed by atoms with Gasteiger partial charge in [0.1, 0.15) is 0 Å². The van der Waals surface area contributed by atoms with E-state index in [1.54, 1.807) is 12.3 Å². The maximum atomic E-state index is 12.6. The lowest BCUT2D eigenvalue weighted by Crippen LogP contribution is -2.19. The fourth-order valence-corrected chi connectivity index (χ4v) is 4.33. The number of fused-ring (bicyclic) bond motifs is 1. The smallest absolute Gasteiger partial charge is 0.264 e. The molecule has 4 aromatic rings. The number of pyridine rings is 1. The molecule has 0 unspecified atom stereocenters. The highest BCUT2D eigenvalue weighted by Gasteiger charge is 2.24. The van der Waals surface area contributed by atoms with Gasteiger partial charge in [-0.1, -0.05) is 42.5 Å². The first-order valence-corrected chi connectivity index (χ1v) is 10.8. The first-order valence-electron chi connectivity index (χ1n) is 9.93. The Bertz CT molecular complexity index is 1470. The zero-order valence-corrected chi connectivity index (χ0v) is 17.6. The number of hydrogen-bond donors (Lipinski definition) is 1. The number of amidine groups is 1. The van der Waals surface area contributed by atoms with E-state index in [9.17, 15) is 10.1 Å². The summed E-state index contributed by atoms with van der Waals surface area (Å²) in [5.74, 6) is -0.177. The van der Waals surface area contributed by atoms with Crippen molar-refractivity contribution in [2.24, 2.45) is 4.99 Å². The van der Waals surface area contributed by atoms with Gasteiger partial charge in [-0.25, -0.2) is 4.99 Å². The lowest BCUT2D eigenvalue weighted by Gasteiger charge is -2.07. The van der Waals surface area contributed by atoms with E-state index in [4.69, 9.17) is 4.99 Å². The van der Waals surface area contributed by atoms with E-state index in [1.165, 1.54) is 11.8 Å². The number of aromatic nitrogens is 1. The molecule has 1 aromatic heterocycles. The van der Waals surface area contributed by atoms with Crippen LogP contribution in [-0.4, -0.2) is 16.1 Å². The van der Waals surface area contributed by atoms with Crippen molar-refractivity contribution in [3.05, 3.63) is 101 Å². The van der Waals surface area contributed by atoms with Gasteiger partial charge in [-0.15, -0.1) is 0 Å². The summed E-state index contributed by atoms with van der Waals surface area (Å²) in [5.41, 5.74) is 4.95. The van der Waals surface area contributed by atoms with Crippen LogP contribution in [-0.2, 0) is 4.79 Å². The minimum atomic E-state index is -0.177. The Morgan fingerprint density at radius 2 is 1.91 bits per heavy atom. The second kappa shape index (κ2) is 8.50. The third kappa shape index (κ3) is 4.02. The molecular weight excluding hydrogens is 416 g/mol. The van der Waals surface area contributed by atoms with Crippen molar-refractivity contribution >= 4 is 45.5 Å². The SMILES string of the molecule is N#Cc1cccc(-c2ccccc2N=C2NC(=O)C(=Cc3ccc4ncccc4c3)S2)c1. The number of carbonyl (C=O) groups is 1. The molecule has 1 aliphatic rings. The number of carbonyl (C=O) groups excluding carboxylic acids is 1. The Kier molecular flexibility index (Phi) is 5.24. The Labute approximate surface area is 189 Å². The van der Waals surface area contributed by atoms with Gasteiger partial charge in [0, 0.05) is 17.1 Å². The summed E-state index contributed by atoms with van der Waals surface area (Å²) >= 11 is 1.31. The summed E-state index contributed by atoms with van der Waals surface area (Å²) in [7, 11) is 0. The van der Waals surface area contributed by atoms with E-state index >= 15 is 0 Å². The molecule has 1 aliphatic heterocycles. The van der Waals surface area contributed by atoms with E-state index in [2.05, 4.69) is 16.4 Å². The van der Waals surface area contributed by atoms with Gasteiger partial charge >= 0.3 is 0 Å². The molecule has 1 N–H and O–H groups in total. The average molecular weight is 433 g/mol. The van der Waals surface area contributed by atoms with Crippen LogP contribution in [0.3, 0.4) is 0 Å². The van der Waals surface area contributed by atoms with Crippen LogP contribution in [0.5, 0.6) is 0 Å². The Balaban J connectivity index is 1.46. The standard InChI is InChI=1S/C26H16N4OS/c27-16-18-5-3-6-19(14-18)21-8-1-2-9-23(21)29-26-30-25(31)24(32-26)15-17-10-11-22-20(13-17)7-4-12-28-22/h1-15H,(H,29,30,31). The molecule has 5 rings (SSSR count). The topological polar surface area (TPSA) is 78.1 Å². The van der Waals surface area contributed by atoms with Gasteiger partial charge < -0.3 is 5.32 Å². The number of amides is 1. The molecule has 3 aromatic carbocycles. The number of benzene rings is 3. The molecule has 0 bridgehead atoms. The van der Waals surface area contributed by atoms with Gasteiger partial charge in [0.2, 0.25) is 0 Å². The zero-order chi connectivity index (χ0) is 21.9. The van der Waals surface area contributed by atoms with E-state index in [1.807, 2.05) is 78.9 Å². The number of nitriles is 1. The molecule has 0 radical (unpaired) electrons. The number of thioether (sulfide) groups is 1. The van der Waals surface area contributed by atoms with E-state index < -0.39 is 0 Å². The highest BCUT2D eigenvalue weighted by Crippen LogP contribution is 2.34. The van der Waals surface area contributed by atoms with Crippen molar-refractivity contribution < 1.29 is 4.79 Å². The third-order valence-corrected chi connectivity index (χ3v) is 5.91. The van der Waals surface area contributed by atoms with Gasteiger partial charge in [-0.05, 0) is 65.4 Å². The van der Waals surface area contributed by atoms with Gasteiger partial charge in [-0.3, -0.25) is 9.78 Å². The molecule has 1 saturated heterocycles. The predicted octanol–water partition coefficient (Wildman–Crippen LogP) is 5.67. The van der Waals surface area contributed by atoms with Crippen molar-refractivity contribution in [2.75, 3.05) is 0 Å². The fourth-order valence-electron chi connectivity index (χ4n) is 3.50. The normalized spacial score (nSPS) is 15.8. The van der Waals surface area contributed by atoms with Crippen molar-refractivity contribution in [3.8, 4) is 17.2 Å². The Morgan fingerprint density at radius 3 is 2.81 bits per heavy atom. The first kappa shape index (κ1) is 19.7. The minimum absolute atomic E-state index is 0.177. The van der Waals surface area contributed by atoms with Gasteiger partial charge in [-0.2, -0.15) is 5.26 Å². The molecular formula is C26H16N4OS. The maximum absolute atomic E-state index is 12.6. The van der Waals surface area contributed by atoms with Crippen molar-refractivity contribution in [2.45, 2.75) is 0 Å². The summed E-state index contributed by atoms with van der Waals surface area (Å²) < 4.78 is 0. The van der Waals surface area contributed by atoms with Crippen LogP contribution < -0.4 is 5.32 Å². The molecule has 0 aliphatic carbocycles. The molecule has 152 valence electrons. The lowest BCUT2D eigenvalue weighted by molar-refractivity contribution is -0.115. The third-order valence-electron chi connectivity index (χ3n) is 5.00. The number of nitrogens with zero attached hydrogens (tertiary/aromatic N) is 3. The highest BCUT2D eigenvalue weighted by molar-refractivity contribution is 8.18. The molecule has 2 heterocycles. The maximum Gasteiger partial charge on any atom is 0.264 e. The zero-order valence-electron chi connectivity index (χ0n) is 16.8. The summed E-state index contributed by atoms with van der Waals surface area (Å²) in [4.78, 5) is 22.2. The quantitative estimate of drug-likeness (QED) is 0.424. The van der Waals surface area contributed by atoms with Crippen molar-refractivity contribution in [3.63, 3.8) is 0 Å². The van der Waals surface area contributed by atoms with E-state index in [0.29, 0.717) is 15.6 Å². The summed E-state index contributed by atoms with van der Waals surface area (Å²) in [6.07, 6.45) is 3.62. The molecule has 1 fully saturated rings. The van der Waals surface area contributed by atoms with Crippen LogP contribution in [0.2, 0.25) is 0 Å². The summed E-state index contributed by atoms with van der Waals surface area (Å²) in [5, 5.41) is 13.6. The van der Waals surface area contributed by atoms with Crippen LogP contribution in [0.4, 0.5) is 5.69 Å². The largest absolute Gasteiger partial charge is 0.300 e. The fraction of sp³-hybridized carbons (Fsp3) is 0. The van der Waals surface area contributed by atoms with Crippen LogP contribution >= 0.6 is 11.8 Å². The van der Waals surface area contributed by atoms with Crippen LogP contribution in [0.25, 0.3) is 28.1 Å². The monoisotopic (exact) mass is 432 g/mol. The molecule has 5 nitrogen and oxygen atoms in total. The molecule has 32 heavy (non-hydrogen) atoms. The van der Waals surface area contributed by atoms with Crippen LogP contribution in [0.15, 0.2) is 95.0 Å². The Morgan fingerprint density at radius 1 is 1.00 bits per heavy atom. The number of nitrogens with one attached hydrogen (secondary N) is 1. The molecule has 0 atom stereocenters. The number of aliphatic imine (C=N–C) groups is 1. The van der Waals surface area contributed by atoms with Crippen LogP contribution in [0.1, 0.15) is 11.1 Å². The minimum Gasteiger partial charge on any atom is -0.300 e. The van der Waals surface area contributed by atoms with Crippen molar-refractivity contribution in [1.29, 1.82) is 5.26 Å². The molecule has 1 amide bonds. The van der Waals surface area contributed by atoms with Gasteiger partial charge in [0.15, 0.2) is 5.17 Å². The van der Waals surface area contributed by atoms with E-state index in [0.717, 1.165) is 33.3 Å². The number of hydrogen-bond acceptors (Lipinski definition) is 5. The van der Waals surface area contributed by atoms with Crippen molar-refractivity contribution in [1.82, 2.24) is 10.3 Å². The molecule has 0 spiro atoms. The molecule has 0 saturated carbocycles. The molecule has 6 heteroatoms. The first-order chi connectivity index (χ1) is 15.7. The van der Waals surface area contributed by atoms with Gasteiger partial charge in [0.05, 0.1) is 27.7 Å². The van der Waals surface area contributed by atoms with Gasteiger partial charge in [0.25, 0.3) is 5.91 Å². The van der Waals surface area contributed by atoms with E-state index in [-0.39, 0.29) is 5.91 Å². The summed E-state index contributed by atoms with van der Waals surface area (Å²) in [6, 6.07) is 27.0. The second-order valence-corrected chi connectivity index (χ2v) is 8.18.